The number of alkyl carbamates (subject to hydrolysis) is 1. The van der Waals surface area contributed by atoms with Gasteiger partial charge in [0.1, 0.15) is 12.6 Å². The molecule has 0 heterocycles. The third-order valence-electron chi connectivity index (χ3n) is 6.30. The Morgan fingerprint density at radius 1 is 0.879 bits per heavy atom. The molecule has 0 saturated carbocycles. The highest BCUT2D eigenvalue weighted by Crippen LogP contribution is 2.44. The van der Waals surface area contributed by atoms with E-state index < -0.39 is 18.1 Å². The van der Waals surface area contributed by atoms with Crippen molar-refractivity contribution in [2.75, 3.05) is 6.61 Å². The minimum absolute atomic E-state index is 0.0697. The van der Waals surface area contributed by atoms with Gasteiger partial charge in [0.15, 0.2) is 0 Å². The van der Waals surface area contributed by atoms with E-state index in [1.165, 1.54) is 0 Å². The van der Waals surface area contributed by atoms with Crippen LogP contribution in [-0.4, -0.2) is 29.8 Å². The van der Waals surface area contributed by atoms with Gasteiger partial charge in [0, 0.05) is 12.3 Å². The smallest absolute Gasteiger partial charge is 0.407 e. The summed E-state index contributed by atoms with van der Waals surface area (Å²) in [6.45, 7) is 4.29. The minimum Gasteiger partial charge on any atom is -0.480 e. The number of carboxylic acids is 1. The second-order valence-electron chi connectivity index (χ2n) is 8.43. The molecule has 170 valence electrons. The molecule has 1 aliphatic carbocycles. The summed E-state index contributed by atoms with van der Waals surface area (Å²) >= 11 is 0. The second-order valence-corrected chi connectivity index (χ2v) is 8.43. The van der Waals surface area contributed by atoms with Crippen LogP contribution in [0.3, 0.4) is 0 Å². The third-order valence-corrected chi connectivity index (χ3v) is 6.30. The number of rotatable bonds is 8. The van der Waals surface area contributed by atoms with E-state index in [1.807, 2.05) is 48.5 Å². The van der Waals surface area contributed by atoms with E-state index in [2.05, 4.69) is 37.4 Å². The molecule has 3 aromatic carbocycles. The predicted molar refractivity (Wildman–Crippen MR) is 129 cm³/mol. The van der Waals surface area contributed by atoms with Gasteiger partial charge in [-0.25, -0.2) is 9.59 Å². The van der Waals surface area contributed by atoms with Crippen molar-refractivity contribution >= 4 is 12.1 Å². The monoisotopic (exact) mass is 443 g/mol. The molecule has 0 fully saturated rings. The Morgan fingerprint density at radius 3 is 1.91 bits per heavy atom. The molecule has 5 heteroatoms. The van der Waals surface area contributed by atoms with Gasteiger partial charge in [-0.1, -0.05) is 80.6 Å². The van der Waals surface area contributed by atoms with Crippen molar-refractivity contribution in [3.8, 4) is 11.1 Å². The van der Waals surface area contributed by atoms with Gasteiger partial charge < -0.3 is 15.2 Å². The van der Waals surface area contributed by atoms with Crippen LogP contribution in [0.1, 0.15) is 47.6 Å². The van der Waals surface area contributed by atoms with Crippen molar-refractivity contribution < 1.29 is 19.4 Å². The lowest BCUT2D eigenvalue weighted by molar-refractivity contribution is -0.139. The molecule has 33 heavy (non-hydrogen) atoms. The van der Waals surface area contributed by atoms with Gasteiger partial charge >= 0.3 is 12.1 Å². The number of amides is 1. The number of carbonyl (C=O) groups is 2. The van der Waals surface area contributed by atoms with Crippen LogP contribution in [0.4, 0.5) is 4.79 Å². The highest BCUT2D eigenvalue weighted by molar-refractivity contribution is 5.81. The molecular formula is C28H29NO4. The number of aliphatic carboxylic acids is 1. The van der Waals surface area contributed by atoms with Crippen LogP contribution >= 0.6 is 0 Å². The molecule has 1 unspecified atom stereocenters. The van der Waals surface area contributed by atoms with Crippen molar-refractivity contribution in [1.82, 2.24) is 5.32 Å². The zero-order chi connectivity index (χ0) is 23.4. The molecule has 0 aliphatic heterocycles. The average molecular weight is 444 g/mol. The first-order chi connectivity index (χ1) is 16.0. The van der Waals surface area contributed by atoms with E-state index in [9.17, 15) is 14.7 Å². The van der Waals surface area contributed by atoms with Gasteiger partial charge in [-0.3, -0.25) is 0 Å². The first kappa shape index (κ1) is 22.6. The van der Waals surface area contributed by atoms with E-state index in [0.717, 1.165) is 51.8 Å². The van der Waals surface area contributed by atoms with Crippen molar-refractivity contribution in [2.45, 2.75) is 45.1 Å². The number of ether oxygens (including phenoxy) is 1. The summed E-state index contributed by atoms with van der Waals surface area (Å²) in [6, 6.07) is 21.3. The molecule has 1 atom stereocenters. The van der Waals surface area contributed by atoms with Gasteiger partial charge in [-0.05, 0) is 51.8 Å². The lowest BCUT2D eigenvalue weighted by Gasteiger charge is -2.18. The molecule has 2 N–H and O–H groups in total. The standard InChI is InChI=1S/C28H29NO4/c1-3-18-13-19(4-2)15-20(14-18)16-26(27(30)31)29-28(32)33-17-25-23-11-7-5-9-21(23)22-10-6-8-12-24(22)25/h5-15,25-26H,3-4,16-17H2,1-2H3,(H,29,32)(H,30,31). The summed E-state index contributed by atoms with van der Waals surface area (Å²) in [5.74, 6) is -1.15. The molecule has 0 bridgehead atoms. The van der Waals surface area contributed by atoms with Crippen molar-refractivity contribution in [3.05, 3.63) is 94.5 Å². The molecule has 3 aromatic rings. The van der Waals surface area contributed by atoms with Crippen molar-refractivity contribution in [1.29, 1.82) is 0 Å². The van der Waals surface area contributed by atoms with Crippen LogP contribution in [-0.2, 0) is 28.8 Å². The Balaban J connectivity index is 1.44. The first-order valence-electron chi connectivity index (χ1n) is 11.5. The molecule has 4 rings (SSSR count). The highest BCUT2D eigenvalue weighted by atomic mass is 16.5. The van der Waals surface area contributed by atoms with Crippen LogP contribution in [0.25, 0.3) is 11.1 Å². The molecule has 0 radical (unpaired) electrons. The normalized spacial score (nSPS) is 13.2. The Bertz CT molecular complexity index is 1100. The molecule has 0 saturated heterocycles. The molecule has 0 aromatic heterocycles. The number of hydrogen-bond donors (Lipinski definition) is 2. The maximum Gasteiger partial charge on any atom is 0.407 e. The number of carbonyl (C=O) groups excluding carboxylic acids is 1. The summed E-state index contributed by atoms with van der Waals surface area (Å²) < 4.78 is 5.53. The highest BCUT2D eigenvalue weighted by Gasteiger charge is 2.29. The van der Waals surface area contributed by atoms with Crippen LogP contribution in [0.15, 0.2) is 66.7 Å². The van der Waals surface area contributed by atoms with Gasteiger partial charge in [-0.2, -0.15) is 0 Å². The maximum absolute atomic E-state index is 12.6. The number of fused-ring (bicyclic) bond motifs is 3. The Labute approximate surface area is 194 Å². The Hall–Kier alpha value is -3.60. The summed E-state index contributed by atoms with van der Waals surface area (Å²) in [5, 5.41) is 12.3. The number of hydrogen-bond acceptors (Lipinski definition) is 3. The second kappa shape index (κ2) is 9.90. The lowest BCUT2D eigenvalue weighted by Crippen LogP contribution is -2.43. The number of nitrogens with one attached hydrogen (secondary N) is 1. The van der Waals surface area contributed by atoms with E-state index in [0.29, 0.717) is 0 Å². The minimum atomic E-state index is -1.08. The van der Waals surface area contributed by atoms with Crippen LogP contribution < -0.4 is 5.32 Å². The molecule has 5 nitrogen and oxygen atoms in total. The van der Waals surface area contributed by atoms with E-state index in [-0.39, 0.29) is 18.9 Å². The maximum atomic E-state index is 12.6. The fourth-order valence-electron chi connectivity index (χ4n) is 4.58. The zero-order valence-corrected chi connectivity index (χ0v) is 19.0. The largest absolute Gasteiger partial charge is 0.480 e. The molecule has 1 amide bonds. The summed E-state index contributed by atoms with van der Waals surface area (Å²) in [7, 11) is 0. The van der Waals surface area contributed by atoms with Crippen LogP contribution in [0, 0.1) is 0 Å². The van der Waals surface area contributed by atoms with E-state index in [1.54, 1.807) is 0 Å². The van der Waals surface area contributed by atoms with Gasteiger partial charge in [0.25, 0.3) is 0 Å². The quantitative estimate of drug-likeness (QED) is 0.492. The molecule has 0 spiro atoms. The average Bonchev–Trinajstić information content (AvgIpc) is 3.15. The van der Waals surface area contributed by atoms with E-state index in [4.69, 9.17) is 4.74 Å². The van der Waals surface area contributed by atoms with Gasteiger partial charge in [0.05, 0.1) is 0 Å². The first-order valence-corrected chi connectivity index (χ1v) is 11.5. The lowest BCUT2D eigenvalue weighted by atomic mass is 9.98. The van der Waals surface area contributed by atoms with Crippen LogP contribution in [0.2, 0.25) is 0 Å². The Morgan fingerprint density at radius 2 is 1.39 bits per heavy atom. The van der Waals surface area contributed by atoms with Crippen molar-refractivity contribution in [3.63, 3.8) is 0 Å². The topological polar surface area (TPSA) is 75.6 Å². The van der Waals surface area contributed by atoms with Crippen molar-refractivity contribution in [2.24, 2.45) is 0 Å². The van der Waals surface area contributed by atoms with E-state index >= 15 is 0 Å². The predicted octanol–water partition coefficient (Wildman–Crippen LogP) is 5.35. The summed E-state index contributed by atoms with van der Waals surface area (Å²) in [4.78, 5) is 24.4. The number of benzene rings is 3. The zero-order valence-electron chi connectivity index (χ0n) is 19.0. The Kier molecular flexibility index (Phi) is 6.78. The summed E-state index contributed by atoms with van der Waals surface area (Å²) in [5.41, 5.74) is 7.75. The molecular weight excluding hydrogens is 414 g/mol. The van der Waals surface area contributed by atoms with Gasteiger partial charge in [-0.15, -0.1) is 0 Å². The van der Waals surface area contributed by atoms with Gasteiger partial charge in [0.2, 0.25) is 0 Å². The summed E-state index contributed by atoms with van der Waals surface area (Å²) in [6.07, 6.45) is 1.24. The fourth-order valence-corrected chi connectivity index (χ4v) is 4.58. The number of carboxylic acid groups (broad SMARTS) is 1. The fraction of sp³-hybridized carbons (Fsp3) is 0.286. The SMILES string of the molecule is CCc1cc(CC)cc(CC(NC(=O)OCC2c3ccccc3-c3ccccc32)C(=O)O)c1. The number of aryl methyl sites for hydroxylation is 2. The third kappa shape index (κ3) is 4.92. The molecule has 1 aliphatic rings. The van der Waals surface area contributed by atoms with Crippen LogP contribution in [0.5, 0.6) is 0 Å².